The van der Waals surface area contributed by atoms with E-state index in [1.807, 2.05) is 46.7 Å². The summed E-state index contributed by atoms with van der Waals surface area (Å²) in [7, 11) is 0. The Morgan fingerprint density at radius 1 is 1.00 bits per heavy atom. The van der Waals surface area contributed by atoms with Crippen molar-refractivity contribution in [3.63, 3.8) is 0 Å². The minimum atomic E-state index is -0.472. The Balaban J connectivity index is 1.29. The molecule has 1 aliphatic heterocycles. The summed E-state index contributed by atoms with van der Waals surface area (Å²) in [6, 6.07) is 17.4. The van der Waals surface area contributed by atoms with Gasteiger partial charge in [0.25, 0.3) is 11.6 Å². The number of non-ortho nitro benzene ring substituents is 1. The lowest BCUT2D eigenvalue weighted by molar-refractivity contribution is -0.384. The fourth-order valence-corrected chi connectivity index (χ4v) is 4.27. The zero-order valence-corrected chi connectivity index (χ0v) is 18.5. The smallest absolute Gasteiger partial charge is 0.270 e. The molecule has 33 heavy (non-hydrogen) atoms. The highest BCUT2D eigenvalue weighted by atomic mass is 32.1. The summed E-state index contributed by atoms with van der Waals surface area (Å²) < 4.78 is 0. The number of rotatable bonds is 6. The number of carbonyl (C=O) groups is 2. The molecule has 0 atom stereocenters. The van der Waals surface area contributed by atoms with E-state index < -0.39 is 4.92 Å². The van der Waals surface area contributed by atoms with Gasteiger partial charge in [0.05, 0.1) is 9.80 Å². The molecule has 0 spiro atoms. The molecule has 2 heterocycles. The van der Waals surface area contributed by atoms with E-state index in [0.29, 0.717) is 24.3 Å². The van der Waals surface area contributed by atoms with Crippen molar-refractivity contribution in [2.75, 3.05) is 36.4 Å². The van der Waals surface area contributed by atoms with Crippen LogP contribution in [-0.2, 0) is 4.79 Å². The van der Waals surface area contributed by atoms with Gasteiger partial charge in [-0.25, -0.2) is 0 Å². The number of nitrogens with one attached hydrogen (secondary N) is 1. The summed E-state index contributed by atoms with van der Waals surface area (Å²) in [6.07, 6.45) is 2.88. The van der Waals surface area contributed by atoms with E-state index in [1.54, 1.807) is 12.1 Å². The number of piperazine rings is 1. The SMILES string of the molecule is O=C(/C=C/c1cccc([N+](=O)[O-])c1)Nc1ccc(N2CCN(C(=O)c3cccs3)CC2)cc1. The Kier molecular flexibility index (Phi) is 6.80. The quantitative estimate of drug-likeness (QED) is 0.335. The van der Waals surface area contributed by atoms with Crippen molar-refractivity contribution in [2.45, 2.75) is 0 Å². The van der Waals surface area contributed by atoms with Crippen LogP contribution in [0.15, 0.2) is 72.1 Å². The first-order valence-electron chi connectivity index (χ1n) is 10.4. The van der Waals surface area contributed by atoms with Crippen LogP contribution < -0.4 is 10.2 Å². The Labute approximate surface area is 194 Å². The fourth-order valence-electron chi connectivity index (χ4n) is 3.58. The molecule has 1 aromatic heterocycles. The Hall–Kier alpha value is -3.98. The average molecular weight is 463 g/mol. The highest BCUT2D eigenvalue weighted by Gasteiger charge is 2.22. The second-order valence-electron chi connectivity index (χ2n) is 7.48. The number of nitro groups is 1. The van der Waals surface area contributed by atoms with Gasteiger partial charge in [0.15, 0.2) is 0 Å². The molecule has 0 saturated carbocycles. The van der Waals surface area contributed by atoms with Crippen LogP contribution >= 0.6 is 11.3 Å². The predicted molar refractivity (Wildman–Crippen MR) is 130 cm³/mol. The molecular weight excluding hydrogens is 440 g/mol. The molecule has 1 fully saturated rings. The molecule has 0 unspecified atom stereocenters. The molecule has 2 amide bonds. The summed E-state index contributed by atoms with van der Waals surface area (Å²) in [5, 5.41) is 15.5. The minimum Gasteiger partial charge on any atom is -0.368 e. The van der Waals surface area contributed by atoms with Gasteiger partial charge in [-0.2, -0.15) is 0 Å². The maximum atomic E-state index is 12.5. The third kappa shape index (κ3) is 5.64. The van der Waals surface area contributed by atoms with Gasteiger partial charge in [-0.05, 0) is 47.4 Å². The topological polar surface area (TPSA) is 95.8 Å². The van der Waals surface area contributed by atoms with Crippen molar-refractivity contribution < 1.29 is 14.5 Å². The standard InChI is InChI=1S/C24H22N4O4S/c29-23(11-6-18-3-1-4-21(17-18)28(31)32)25-19-7-9-20(10-8-19)26-12-14-27(15-13-26)24(30)22-5-2-16-33-22/h1-11,16-17H,12-15H2,(H,25,29)/b11-6+. The van der Waals surface area contributed by atoms with Crippen LogP contribution in [0.1, 0.15) is 15.2 Å². The predicted octanol–water partition coefficient (Wildman–Crippen LogP) is 4.27. The molecule has 0 radical (unpaired) electrons. The molecule has 2 aromatic carbocycles. The molecule has 0 bridgehead atoms. The maximum absolute atomic E-state index is 12.5. The number of benzene rings is 2. The largest absolute Gasteiger partial charge is 0.368 e. The number of hydrogen-bond acceptors (Lipinski definition) is 6. The number of hydrogen-bond donors (Lipinski definition) is 1. The summed E-state index contributed by atoms with van der Waals surface area (Å²) in [5.74, 6) is -0.240. The van der Waals surface area contributed by atoms with Gasteiger partial charge in [0.1, 0.15) is 0 Å². The Bertz CT molecular complexity index is 1170. The lowest BCUT2D eigenvalue weighted by Crippen LogP contribution is -2.48. The second-order valence-corrected chi connectivity index (χ2v) is 8.43. The van der Waals surface area contributed by atoms with Gasteiger partial charge < -0.3 is 15.1 Å². The van der Waals surface area contributed by atoms with Gasteiger partial charge in [0, 0.05) is 55.8 Å². The van der Waals surface area contributed by atoms with Gasteiger partial charge in [-0.3, -0.25) is 19.7 Å². The molecule has 1 aliphatic rings. The summed E-state index contributed by atoms with van der Waals surface area (Å²) in [6.45, 7) is 2.82. The van der Waals surface area contributed by atoms with Crippen LogP contribution in [0.25, 0.3) is 6.08 Å². The van der Waals surface area contributed by atoms with E-state index in [9.17, 15) is 19.7 Å². The summed E-state index contributed by atoms with van der Waals surface area (Å²) in [4.78, 5) is 39.9. The molecule has 0 aliphatic carbocycles. The van der Waals surface area contributed by atoms with Crippen molar-refractivity contribution >= 4 is 46.3 Å². The van der Waals surface area contributed by atoms with Crippen LogP contribution in [0.4, 0.5) is 17.1 Å². The van der Waals surface area contributed by atoms with E-state index in [2.05, 4.69) is 10.2 Å². The molecular formula is C24H22N4O4S. The van der Waals surface area contributed by atoms with Gasteiger partial charge in [-0.15, -0.1) is 11.3 Å². The number of nitro benzene ring substituents is 1. The highest BCUT2D eigenvalue weighted by molar-refractivity contribution is 7.12. The lowest BCUT2D eigenvalue weighted by Gasteiger charge is -2.36. The van der Waals surface area contributed by atoms with Crippen LogP contribution in [-0.4, -0.2) is 47.8 Å². The molecule has 8 nitrogen and oxygen atoms in total. The molecule has 4 rings (SSSR count). The van der Waals surface area contributed by atoms with Crippen LogP contribution in [0.2, 0.25) is 0 Å². The van der Waals surface area contributed by atoms with Gasteiger partial charge >= 0.3 is 0 Å². The number of amides is 2. The number of carbonyl (C=O) groups excluding carboxylic acids is 2. The van der Waals surface area contributed by atoms with Crippen LogP contribution in [0.5, 0.6) is 0 Å². The minimum absolute atomic E-state index is 0.0233. The first-order chi connectivity index (χ1) is 16.0. The van der Waals surface area contributed by atoms with Gasteiger partial charge in [-0.1, -0.05) is 18.2 Å². The fraction of sp³-hybridized carbons (Fsp3) is 0.167. The van der Waals surface area contributed by atoms with E-state index in [0.717, 1.165) is 23.7 Å². The molecule has 1 saturated heterocycles. The van der Waals surface area contributed by atoms with Crippen molar-refractivity contribution in [1.29, 1.82) is 0 Å². The van der Waals surface area contributed by atoms with Crippen LogP contribution in [0, 0.1) is 10.1 Å². The number of nitrogens with zero attached hydrogens (tertiary/aromatic N) is 3. The normalized spacial score (nSPS) is 13.8. The van der Waals surface area contributed by atoms with Crippen molar-refractivity contribution in [3.8, 4) is 0 Å². The average Bonchev–Trinajstić information content (AvgIpc) is 3.38. The first-order valence-corrected chi connectivity index (χ1v) is 11.3. The maximum Gasteiger partial charge on any atom is 0.270 e. The summed E-state index contributed by atoms with van der Waals surface area (Å²) >= 11 is 1.46. The van der Waals surface area contributed by atoms with Gasteiger partial charge in [0.2, 0.25) is 5.91 Å². The van der Waals surface area contributed by atoms with Crippen molar-refractivity contribution in [2.24, 2.45) is 0 Å². The molecule has 3 aromatic rings. The zero-order chi connectivity index (χ0) is 23.2. The number of thiophene rings is 1. The number of anilines is 2. The van der Waals surface area contributed by atoms with E-state index in [-0.39, 0.29) is 17.5 Å². The highest BCUT2D eigenvalue weighted by Crippen LogP contribution is 2.21. The first kappa shape index (κ1) is 22.2. The van der Waals surface area contributed by atoms with Crippen molar-refractivity contribution in [3.05, 3.63) is 92.7 Å². The molecule has 9 heteroatoms. The summed E-state index contributed by atoms with van der Waals surface area (Å²) in [5.41, 5.74) is 2.23. The zero-order valence-electron chi connectivity index (χ0n) is 17.7. The monoisotopic (exact) mass is 462 g/mol. The lowest BCUT2D eigenvalue weighted by atomic mass is 10.2. The third-order valence-electron chi connectivity index (χ3n) is 5.31. The molecule has 168 valence electrons. The Morgan fingerprint density at radius 2 is 1.76 bits per heavy atom. The van der Waals surface area contributed by atoms with E-state index in [4.69, 9.17) is 0 Å². The Morgan fingerprint density at radius 3 is 2.42 bits per heavy atom. The van der Waals surface area contributed by atoms with Crippen molar-refractivity contribution in [1.82, 2.24) is 4.90 Å². The molecule has 1 N–H and O–H groups in total. The van der Waals surface area contributed by atoms with E-state index in [1.165, 1.54) is 35.6 Å². The third-order valence-corrected chi connectivity index (χ3v) is 6.16. The van der Waals surface area contributed by atoms with Crippen LogP contribution in [0.3, 0.4) is 0 Å². The second kappa shape index (κ2) is 10.1. The van der Waals surface area contributed by atoms with E-state index >= 15 is 0 Å².